The number of aliphatic hydroxyl groups is 1. The molecular formula is C22H22Cl2N2O3. The Hall–Kier alpha value is -2.26. The van der Waals surface area contributed by atoms with Crippen LogP contribution >= 0.6 is 23.2 Å². The molecule has 0 aromatic heterocycles. The zero-order valence-corrected chi connectivity index (χ0v) is 17.6. The minimum absolute atomic E-state index is 0.0131. The van der Waals surface area contributed by atoms with Crippen LogP contribution < -0.4 is 4.74 Å². The number of amides is 1. The number of carbonyl (C=O) groups is 1. The van der Waals surface area contributed by atoms with Crippen molar-refractivity contribution in [3.63, 3.8) is 0 Å². The highest BCUT2D eigenvalue weighted by Gasteiger charge is 2.29. The number of hydrogen-bond donors (Lipinski definition) is 1. The summed E-state index contributed by atoms with van der Waals surface area (Å²) in [5.74, 6) is 0.132. The first kappa shape index (κ1) is 21.4. The van der Waals surface area contributed by atoms with Gasteiger partial charge in [-0.05, 0) is 36.2 Å². The van der Waals surface area contributed by atoms with Crippen molar-refractivity contribution in [1.82, 2.24) is 4.90 Å². The molecule has 29 heavy (non-hydrogen) atoms. The SMILES string of the molecule is CC1COc2c(C#N)cccc2C(=O)N(CC(CCO)c2ccc(Cl)c(Cl)c2)C1. The Balaban J connectivity index is 1.95. The van der Waals surface area contributed by atoms with Crippen LogP contribution in [0.3, 0.4) is 0 Å². The fraction of sp³-hybridized carbons (Fsp3) is 0.364. The Morgan fingerprint density at radius 2 is 2.10 bits per heavy atom. The van der Waals surface area contributed by atoms with Gasteiger partial charge in [-0.3, -0.25) is 4.79 Å². The molecule has 1 N–H and O–H groups in total. The van der Waals surface area contributed by atoms with Gasteiger partial charge in [0.25, 0.3) is 5.91 Å². The van der Waals surface area contributed by atoms with Gasteiger partial charge in [0, 0.05) is 31.5 Å². The Morgan fingerprint density at radius 1 is 1.31 bits per heavy atom. The van der Waals surface area contributed by atoms with Gasteiger partial charge in [-0.15, -0.1) is 0 Å². The molecule has 2 unspecified atom stereocenters. The van der Waals surface area contributed by atoms with Crippen LogP contribution in [0.2, 0.25) is 10.0 Å². The molecule has 0 spiro atoms. The summed E-state index contributed by atoms with van der Waals surface area (Å²) in [6, 6.07) is 12.5. The fourth-order valence-electron chi connectivity index (χ4n) is 3.57. The van der Waals surface area contributed by atoms with Gasteiger partial charge in [-0.1, -0.05) is 42.3 Å². The number of para-hydroxylation sites is 1. The lowest BCUT2D eigenvalue weighted by Crippen LogP contribution is -2.41. The van der Waals surface area contributed by atoms with Crippen molar-refractivity contribution in [2.45, 2.75) is 19.3 Å². The lowest BCUT2D eigenvalue weighted by molar-refractivity contribution is 0.0663. The van der Waals surface area contributed by atoms with Crippen LogP contribution in [0.15, 0.2) is 36.4 Å². The average molecular weight is 433 g/mol. The number of halogens is 2. The third-order valence-corrected chi connectivity index (χ3v) is 5.77. The predicted molar refractivity (Wildman–Crippen MR) is 113 cm³/mol. The number of fused-ring (bicyclic) bond motifs is 1. The summed E-state index contributed by atoms with van der Waals surface area (Å²) in [5, 5.41) is 19.9. The van der Waals surface area contributed by atoms with Crippen LogP contribution in [0.5, 0.6) is 5.75 Å². The van der Waals surface area contributed by atoms with Crippen LogP contribution in [0.25, 0.3) is 0 Å². The summed E-state index contributed by atoms with van der Waals surface area (Å²) >= 11 is 12.2. The Labute approximate surface area is 180 Å². The number of rotatable bonds is 5. The molecule has 5 nitrogen and oxygen atoms in total. The van der Waals surface area contributed by atoms with Crippen molar-refractivity contribution in [3.8, 4) is 11.8 Å². The highest BCUT2D eigenvalue weighted by Crippen LogP contribution is 2.32. The second kappa shape index (κ2) is 9.49. The van der Waals surface area contributed by atoms with Crippen LogP contribution in [0, 0.1) is 17.2 Å². The second-order valence-corrected chi connectivity index (χ2v) is 8.12. The summed E-state index contributed by atoms with van der Waals surface area (Å²) in [4.78, 5) is 15.1. The van der Waals surface area contributed by atoms with Gasteiger partial charge in [-0.25, -0.2) is 0 Å². The van der Waals surface area contributed by atoms with Gasteiger partial charge in [0.05, 0.1) is 27.8 Å². The lowest BCUT2D eigenvalue weighted by Gasteiger charge is -2.33. The third kappa shape index (κ3) is 4.84. The standard InChI is InChI=1S/C22H22Cl2N2O3/c1-14-11-26(12-17(7-8-27)15-5-6-19(23)20(24)9-15)22(28)18-4-2-3-16(10-25)21(18)29-13-14/h2-6,9,14,17,27H,7-8,11-13H2,1H3. The molecule has 1 heterocycles. The number of nitriles is 1. The van der Waals surface area contributed by atoms with Gasteiger partial charge in [0.15, 0.2) is 0 Å². The van der Waals surface area contributed by atoms with E-state index in [1.165, 1.54) is 0 Å². The molecule has 0 fully saturated rings. The van der Waals surface area contributed by atoms with Gasteiger partial charge < -0.3 is 14.7 Å². The molecule has 2 aromatic rings. The molecule has 0 saturated carbocycles. The molecule has 3 rings (SSSR count). The summed E-state index contributed by atoms with van der Waals surface area (Å²) in [6.45, 7) is 3.32. The molecule has 2 aromatic carbocycles. The molecule has 0 radical (unpaired) electrons. The second-order valence-electron chi connectivity index (χ2n) is 7.30. The van der Waals surface area contributed by atoms with E-state index >= 15 is 0 Å². The van der Waals surface area contributed by atoms with Crippen molar-refractivity contribution < 1.29 is 14.6 Å². The molecule has 0 aliphatic carbocycles. The van der Waals surface area contributed by atoms with Crippen molar-refractivity contribution in [2.24, 2.45) is 5.92 Å². The van der Waals surface area contributed by atoms with Crippen LogP contribution in [0.1, 0.15) is 40.7 Å². The maximum atomic E-state index is 13.3. The van der Waals surface area contributed by atoms with Crippen LogP contribution in [-0.2, 0) is 0 Å². The van der Waals surface area contributed by atoms with E-state index in [9.17, 15) is 15.2 Å². The first-order valence-corrected chi connectivity index (χ1v) is 10.2. The summed E-state index contributed by atoms with van der Waals surface area (Å²) in [7, 11) is 0. The zero-order valence-electron chi connectivity index (χ0n) is 16.1. The summed E-state index contributed by atoms with van der Waals surface area (Å²) in [6.07, 6.45) is 0.484. The molecule has 0 bridgehead atoms. The maximum absolute atomic E-state index is 13.3. The fourth-order valence-corrected chi connectivity index (χ4v) is 3.87. The van der Waals surface area contributed by atoms with Crippen molar-refractivity contribution >= 4 is 29.1 Å². The minimum Gasteiger partial charge on any atom is -0.491 e. The van der Waals surface area contributed by atoms with Crippen molar-refractivity contribution in [3.05, 3.63) is 63.1 Å². The van der Waals surface area contributed by atoms with E-state index in [0.717, 1.165) is 5.56 Å². The summed E-state index contributed by atoms with van der Waals surface area (Å²) < 4.78 is 5.81. The number of hydrogen-bond acceptors (Lipinski definition) is 4. The Kier molecular flexibility index (Phi) is 7.02. The quantitative estimate of drug-likeness (QED) is 0.754. The largest absolute Gasteiger partial charge is 0.491 e. The first-order valence-electron chi connectivity index (χ1n) is 9.45. The molecule has 1 aliphatic rings. The maximum Gasteiger partial charge on any atom is 0.257 e. The molecular weight excluding hydrogens is 411 g/mol. The molecule has 7 heteroatoms. The normalized spacial score (nSPS) is 17.6. The third-order valence-electron chi connectivity index (χ3n) is 5.03. The number of benzene rings is 2. The number of nitrogens with zero attached hydrogens (tertiary/aromatic N) is 2. The van der Waals surface area contributed by atoms with Crippen molar-refractivity contribution in [1.29, 1.82) is 5.26 Å². The van der Waals surface area contributed by atoms with E-state index in [4.69, 9.17) is 27.9 Å². The van der Waals surface area contributed by atoms with E-state index in [0.29, 0.717) is 53.0 Å². The van der Waals surface area contributed by atoms with Gasteiger partial charge in [-0.2, -0.15) is 5.26 Å². The van der Waals surface area contributed by atoms with E-state index in [2.05, 4.69) is 6.07 Å². The molecule has 152 valence electrons. The molecule has 1 aliphatic heterocycles. The summed E-state index contributed by atoms with van der Waals surface area (Å²) in [5.41, 5.74) is 1.65. The molecule has 1 amide bonds. The van der Waals surface area contributed by atoms with Gasteiger partial charge >= 0.3 is 0 Å². The van der Waals surface area contributed by atoms with Gasteiger partial charge in [0.1, 0.15) is 11.8 Å². The Morgan fingerprint density at radius 3 is 2.79 bits per heavy atom. The average Bonchev–Trinajstić information content (AvgIpc) is 2.71. The zero-order chi connectivity index (χ0) is 21.0. The van der Waals surface area contributed by atoms with Crippen LogP contribution in [-0.4, -0.2) is 42.2 Å². The van der Waals surface area contributed by atoms with Crippen molar-refractivity contribution in [2.75, 3.05) is 26.3 Å². The Bertz CT molecular complexity index is 942. The van der Waals surface area contributed by atoms with E-state index in [-0.39, 0.29) is 24.3 Å². The highest BCUT2D eigenvalue weighted by molar-refractivity contribution is 6.42. The minimum atomic E-state index is -0.188. The van der Waals surface area contributed by atoms with E-state index in [1.807, 2.05) is 13.0 Å². The van der Waals surface area contributed by atoms with E-state index in [1.54, 1.807) is 35.2 Å². The highest BCUT2D eigenvalue weighted by atomic mass is 35.5. The van der Waals surface area contributed by atoms with Crippen LogP contribution in [0.4, 0.5) is 0 Å². The first-order chi connectivity index (χ1) is 13.9. The molecule has 2 atom stereocenters. The number of aliphatic hydroxyl groups excluding tert-OH is 1. The predicted octanol–water partition coefficient (Wildman–Crippen LogP) is 4.50. The lowest BCUT2D eigenvalue weighted by atomic mass is 9.94. The topological polar surface area (TPSA) is 73.6 Å². The van der Waals surface area contributed by atoms with Gasteiger partial charge in [0.2, 0.25) is 0 Å². The molecule has 0 saturated heterocycles. The number of ether oxygens (including phenoxy) is 1. The smallest absolute Gasteiger partial charge is 0.257 e. The monoisotopic (exact) mass is 432 g/mol. The van der Waals surface area contributed by atoms with E-state index < -0.39 is 0 Å². The number of carbonyl (C=O) groups excluding carboxylic acids is 1.